The molecule has 0 saturated heterocycles. The van der Waals surface area contributed by atoms with E-state index >= 15 is 0 Å². The van der Waals surface area contributed by atoms with Gasteiger partial charge in [-0.2, -0.15) is 0 Å². The normalized spacial score (nSPS) is 11.4. The van der Waals surface area contributed by atoms with Gasteiger partial charge in [0.25, 0.3) is 0 Å². The molecule has 0 fully saturated rings. The average Bonchev–Trinajstić information content (AvgIpc) is 2.39. The monoisotopic (exact) mass is 281 g/mol. The molecule has 0 radical (unpaired) electrons. The van der Waals surface area contributed by atoms with E-state index in [1.54, 1.807) is 48.7 Å². The highest BCUT2D eigenvalue weighted by Crippen LogP contribution is 2.13. The smallest absolute Gasteiger partial charge is 0.178 e. The van der Waals surface area contributed by atoms with Gasteiger partial charge in [-0.3, -0.25) is 0 Å². The first-order chi connectivity index (χ1) is 8.58. The van der Waals surface area contributed by atoms with Crippen LogP contribution in [0.1, 0.15) is 5.56 Å². The summed E-state index contributed by atoms with van der Waals surface area (Å²) in [4.78, 5) is 4.28. The molecule has 2 aromatic rings. The molecule has 0 aliphatic carbocycles. The lowest BCUT2D eigenvalue weighted by Crippen LogP contribution is -2.09. The predicted molar refractivity (Wildman–Crippen MR) is 71.4 cm³/mol. The van der Waals surface area contributed by atoms with Crippen LogP contribution in [0.3, 0.4) is 0 Å². The summed E-state index contributed by atoms with van der Waals surface area (Å²) in [5, 5.41) is 0.407. The van der Waals surface area contributed by atoms with Gasteiger partial charge in [-0.25, -0.2) is 13.4 Å². The molecule has 0 aliphatic heterocycles. The minimum Gasteiger partial charge on any atom is -0.244 e. The summed E-state index contributed by atoms with van der Waals surface area (Å²) >= 11 is 5.67. The summed E-state index contributed by atoms with van der Waals surface area (Å²) in [6, 6.07) is 11.9. The molecule has 0 amide bonds. The van der Waals surface area contributed by atoms with Crippen LogP contribution in [0.15, 0.2) is 53.6 Å². The lowest BCUT2D eigenvalue weighted by molar-refractivity contribution is 0.595. The molecule has 0 spiro atoms. The van der Waals surface area contributed by atoms with E-state index in [1.807, 2.05) is 0 Å². The zero-order valence-corrected chi connectivity index (χ0v) is 11.2. The summed E-state index contributed by atoms with van der Waals surface area (Å²) in [6.45, 7) is 0. The van der Waals surface area contributed by atoms with Gasteiger partial charge in [0.1, 0.15) is 5.15 Å². The number of hydrogen-bond donors (Lipinski definition) is 0. The molecule has 94 valence electrons. The summed E-state index contributed by atoms with van der Waals surface area (Å²) in [7, 11) is -3.23. The van der Waals surface area contributed by atoms with Crippen LogP contribution in [0.2, 0.25) is 5.15 Å². The Morgan fingerprint density at radius 3 is 2.39 bits per heavy atom. The highest BCUT2D eigenvalue weighted by molar-refractivity contribution is 7.91. The Labute approximate surface area is 111 Å². The molecule has 0 unspecified atom stereocenters. The van der Waals surface area contributed by atoms with Crippen molar-refractivity contribution in [2.75, 3.05) is 5.75 Å². The van der Waals surface area contributed by atoms with Gasteiger partial charge < -0.3 is 0 Å². The second-order valence-corrected chi connectivity index (χ2v) is 6.37. The van der Waals surface area contributed by atoms with Gasteiger partial charge in [0.15, 0.2) is 9.84 Å². The number of aromatic nitrogens is 1. The summed E-state index contributed by atoms with van der Waals surface area (Å²) < 4.78 is 24.1. The molecule has 1 aromatic carbocycles. The zero-order chi connectivity index (χ0) is 13.0. The van der Waals surface area contributed by atoms with Crippen molar-refractivity contribution in [3.63, 3.8) is 0 Å². The maximum absolute atomic E-state index is 12.0. The molecule has 0 bridgehead atoms. The van der Waals surface area contributed by atoms with Crippen LogP contribution in [0, 0.1) is 0 Å². The quantitative estimate of drug-likeness (QED) is 0.810. The molecule has 18 heavy (non-hydrogen) atoms. The third-order valence-corrected chi connectivity index (χ3v) is 4.51. The number of nitrogens with zero attached hydrogens (tertiary/aromatic N) is 1. The SMILES string of the molecule is O=S(=O)(CCc1ccc(Cl)nc1)c1ccccc1. The number of rotatable bonds is 4. The van der Waals surface area contributed by atoms with Crippen molar-refractivity contribution in [3.8, 4) is 0 Å². The van der Waals surface area contributed by atoms with Crippen LogP contribution in [0.25, 0.3) is 0 Å². The number of halogens is 1. The van der Waals surface area contributed by atoms with Gasteiger partial charge in [0, 0.05) is 6.20 Å². The molecule has 0 N–H and O–H groups in total. The van der Waals surface area contributed by atoms with E-state index in [0.29, 0.717) is 16.5 Å². The first kappa shape index (κ1) is 13.1. The standard InChI is InChI=1S/C13H12ClNO2S/c14-13-7-6-11(10-15-13)8-9-18(16,17)12-4-2-1-3-5-12/h1-7,10H,8-9H2. The van der Waals surface area contributed by atoms with Crippen molar-refractivity contribution < 1.29 is 8.42 Å². The number of sulfone groups is 1. The molecular weight excluding hydrogens is 270 g/mol. The molecular formula is C13H12ClNO2S. The van der Waals surface area contributed by atoms with E-state index < -0.39 is 9.84 Å². The number of aryl methyl sites for hydroxylation is 1. The fraction of sp³-hybridized carbons (Fsp3) is 0.154. The van der Waals surface area contributed by atoms with E-state index in [1.165, 1.54) is 0 Å². The first-order valence-electron chi connectivity index (χ1n) is 5.46. The van der Waals surface area contributed by atoms with Crippen LogP contribution in [-0.2, 0) is 16.3 Å². The van der Waals surface area contributed by atoms with E-state index in [4.69, 9.17) is 11.6 Å². The van der Waals surface area contributed by atoms with Crippen molar-refractivity contribution in [2.45, 2.75) is 11.3 Å². The third-order valence-electron chi connectivity index (χ3n) is 2.55. The van der Waals surface area contributed by atoms with Gasteiger partial charge in [0.2, 0.25) is 0 Å². The first-order valence-corrected chi connectivity index (χ1v) is 7.49. The Morgan fingerprint density at radius 2 is 1.78 bits per heavy atom. The Morgan fingerprint density at radius 1 is 1.06 bits per heavy atom. The van der Waals surface area contributed by atoms with Gasteiger partial charge in [-0.15, -0.1) is 0 Å². The zero-order valence-electron chi connectivity index (χ0n) is 9.58. The Kier molecular flexibility index (Phi) is 3.99. The molecule has 1 aromatic heterocycles. The van der Waals surface area contributed by atoms with E-state index in [0.717, 1.165) is 5.56 Å². The number of benzene rings is 1. The van der Waals surface area contributed by atoms with E-state index in [-0.39, 0.29) is 5.75 Å². The van der Waals surface area contributed by atoms with Crippen LogP contribution in [0.5, 0.6) is 0 Å². The second-order valence-electron chi connectivity index (χ2n) is 3.87. The van der Waals surface area contributed by atoms with E-state index in [9.17, 15) is 8.42 Å². The summed E-state index contributed by atoms with van der Waals surface area (Å²) in [5.74, 6) is 0.0698. The van der Waals surface area contributed by atoms with Crippen molar-refractivity contribution in [3.05, 3.63) is 59.4 Å². The molecule has 0 atom stereocenters. The predicted octanol–water partition coefficient (Wildman–Crippen LogP) is 2.75. The summed E-state index contributed by atoms with van der Waals surface area (Å²) in [5.41, 5.74) is 0.860. The minimum atomic E-state index is -3.23. The maximum atomic E-state index is 12.0. The van der Waals surface area contributed by atoms with Crippen molar-refractivity contribution in [1.82, 2.24) is 4.98 Å². The fourth-order valence-electron chi connectivity index (χ4n) is 1.55. The van der Waals surface area contributed by atoms with Crippen LogP contribution in [-0.4, -0.2) is 19.2 Å². The topological polar surface area (TPSA) is 47.0 Å². The Balaban J connectivity index is 2.08. The Hall–Kier alpha value is -1.39. The number of hydrogen-bond acceptors (Lipinski definition) is 3. The lowest BCUT2D eigenvalue weighted by atomic mass is 10.2. The van der Waals surface area contributed by atoms with Gasteiger partial charge >= 0.3 is 0 Å². The van der Waals surface area contributed by atoms with Gasteiger partial charge in [0.05, 0.1) is 10.6 Å². The van der Waals surface area contributed by atoms with Crippen molar-refractivity contribution in [1.29, 1.82) is 0 Å². The lowest BCUT2D eigenvalue weighted by Gasteiger charge is -2.04. The molecule has 0 saturated carbocycles. The molecule has 2 rings (SSSR count). The molecule has 5 heteroatoms. The average molecular weight is 282 g/mol. The van der Waals surface area contributed by atoms with Crippen LogP contribution < -0.4 is 0 Å². The highest BCUT2D eigenvalue weighted by Gasteiger charge is 2.13. The van der Waals surface area contributed by atoms with Crippen molar-refractivity contribution >= 4 is 21.4 Å². The van der Waals surface area contributed by atoms with Gasteiger partial charge in [-0.1, -0.05) is 35.9 Å². The molecule has 0 aliphatic rings. The van der Waals surface area contributed by atoms with Crippen LogP contribution in [0.4, 0.5) is 0 Å². The largest absolute Gasteiger partial charge is 0.244 e. The molecule has 3 nitrogen and oxygen atoms in total. The van der Waals surface area contributed by atoms with Crippen LogP contribution >= 0.6 is 11.6 Å². The third kappa shape index (κ3) is 3.31. The second kappa shape index (κ2) is 5.50. The number of pyridine rings is 1. The fourth-order valence-corrected chi connectivity index (χ4v) is 2.98. The van der Waals surface area contributed by atoms with Gasteiger partial charge in [-0.05, 0) is 30.2 Å². The minimum absolute atomic E-state index is 0.0698. The summed E-state index contributed by atoms with van der Waals surface area (Å²) in [6.07, 6.45) is 2.03. The Bertz CT molecular complexity index is 609. The van der Waals surface area contributed by atoms with Crippen molar-refractivity contribution in [2.24, 2.45) is 0 Å². The maximum Gasteiger partial charge on any atom is 0.178 e. The molecule has 1 heterocycles. The highest BCUT2D eigenvalue weighted by atomic mass is 35.5. The van der Waals surface area contributed by atoms with E-state index in [2.05, 4.69) is 4.98 Å².